The van der Waals surface area contributed by atoms with Crippen molar-refractivity contribution in [3.63, 3.8) is 0 Å². The van der Waals surface area contributed by atoms with Gasteiger partial charge >= 0.3 is 6.03 Å². The molecule has 0 aliphatic carbocycles. The number of aromatic nitrogens is 2. The zero-order valence-electron chi connectivity index (χ0n) is 12.9. The molecule has 8 heteroatoms. The molecule has 2 N–H and O–H groups in total. The Kier molecular flexibility index (Phi) is 5.24. The molecule has 0 bridgehead atoms. The monoisotopic (exact) mass is 336 g/mol. The van der Waals surface area contributed by atoms with Crippen molar-refractivity contribution in [2.45, 2.75) is 32.4 Å². The van der Waals surface area contributed by atoms with Crippen LogP contribution in [-0.2, 0) is 11.3 Å². The van der Waals surface area contributed by atoms with Gasteiger partial charge in [0.2, 0.25) is 5.89 Å². The van der Waals surface area contributed by atoms with Crippen molar-refractivity contribution in [3.05, 3.63) is 34.1 Å². The van der Waals surface area contributed by atoms with Crippen LogP contribution in [0.5, 0.6) is 0 Å². The van der Waals surface area contributed by atoms with Gasteiger partial charge in [-0.1, -0.05) is 5.16 Å². The zero-order valence-corrected chi connectivity index (χ0v) is 13.8. The molecule has 1 atom stereocenters. The quantitative estimate of drug-likeness (QED) is 0.875. The number of hydrogen-bond donors (Lipinski definition) is 2. The fourth-order valence-electron chi connectivity index (χ4n) is 2.64. The Morgan fingerprint density at radius 2 is 2.30 bits per heavy atom. The van der Waals surface area contributed by atoms with Crippen molar-refractivity contribution in [2.75, 3.05) is 13.2 Å². The van der Waals surface area contributed by atoms with E-state index in [-0.39, 0.29) is 18.0 Å². The van der Waals surface area contributed by atoms with Crippen molar-refractivity contribution in [2.24, 2.45) is 5.92 Å². The molecule has 2 aromatic rings. The summed E-state index contributed by atoms with van der Waals surface area (Å²) in [4.78, 5) is 16.5. The molecule has 3 heterocycles. The number of rotatable bonds is 5. The Balaban J connectivity index is 1.64. The number of nitrogens with zero attached hydrogens (tertiary/aromatic N) is 2. The number of urea groups is 1. The summed E-state index contributed by atoms with van der Waals surface area (Å²) in [5.74, 6) is 1.26. The van der Waals surface area contributed by atoms with E-state index in [4.69, 9.17) is 9.26 Å². The molecule has 2 aromatic heterocycles. The Morgan fingerprint density at radius 1 is 1.48 bits per heavy atom. The minimum absolute atomic E-state index is 0.232. The van der Waals surface area contributed by atoms with E-state index in [1.165, 1.54) is 0 Å². The molecule has 1 aliphatic heterocycles. The fourth-order valence-corrected chi connectivity index (χ4v) is 3.31. The van der Waals surface area contributed by atoms with Gasteiger partial charge in [0, 0.05) is 19.8 Å². The smallest absolute Gasteiger partial charge is 0.315 e. The number of carbonyl (C=O) groups excluding carboxylic acids is 1. The Bertz CT molecular complexity index is 622. The SMILES string of the molecule is Cc1noc([C@H](NC(=O)NCc2ccsc2)C2CCOCC2)n1. The highest BCUT2D eigenvalue weighted by atomic mass is 32.1. The lowest BCUT2D eigenvalue weighted by atomic mass is 9.91. The highest BCUT2D eigenvalue weighted by Crippen LogP contribution is 2.29. The van der Waals surface area contributed by atoms with Gasteiger partial charge in [-0.05, 0) is 48.1 Å². The highest BCUT2D eigenvalue weighted by Gasteiger charge is 2.31. The molecule has 2 amide bonds. The lowest BCUT2D eigenvalue weighted by Gasteiger charge is -2.28. The third kappa shape index (κ3) is 4.29. The predicted molar refractivity (Wildman–Crippen MR) is 85.0 cm³/mol. The second-order valence-electron chi connectivity index (χ2n) is 5.57. The molecule has 1 fully saturated rings. The van der Waals surface area contributed by atoms with E-state index in [1.54, 1.807) is 18.3 Å². The van der Waals surface area contributed by atoms with Crippen LogP contribution in [0.3, 0.4) is 0 Å². The summed E-state index contributed by atoms with van der Waals surface area (Å²) in [5, 5.41) is 13.7. The Hall–Kier alpha value is -1.93. The van der Waals surface area contributed by atoms with Gasteiger partial charge in [-0.25, -0.2) is 4.79 Å². The van der Waals surface area contributed by atoms with E-state index in [2.05, 4.69) is 20.8 Å². The summed E-state index contributed by atoms with van der Waals surface area (Å²) in [6.07, 6.45) is 1.72. The summed E-state index contributed by atoms with van der Waals surface area (Å²) < 4.78 is 10.7. The van der Waals surface area contributed by atoms with Crippen molar-refractivity contribution in [1.82, 2.24) is 20.8 Å². The summed E-state index contributed by atoms with van der Waals surface area (Å²) in [6, 6.07) is 1.47. The second kappa shape index (κ2) is 7.56. The number of ether oxygens (including phenoxy) is 1. The maximum Gasteiger partial charge on any atom is 0.315 e. The second-order valence-corrected chi connectivity index (χ2v) is 6.35. The number of thiophene rings is 1. The molecular weight excluding hydrogens is 316 g/mol. The first-order chi connectivity index (χ1) is 11.2. The molecule has 0 saturated carbocycles. The topological polar surface area (TPSA) is 89.3 Å². The van der Waals surface area contributed by atoms with E-state index in [0.29, 0.717) is 31.5 Å². The summed E-state index contributed by atoms with van der Waals surface area (Å²) in [5.41, 5.74) is 1.08. The molecule has 124 valence electrons. The number of aryl methyl sites for hydroxylation is 1. The molecule has 1 aliphatic rings. The normalized spacial score (nSPS) is 16.9. The largest absolute Gasteiger partial charge is 0.381 e. The lowest BCUT2D eigenvalue weighted by molar-refractivity contribution is 0.0503. The van der Waals surface area contributed by atoms with Crippen LogP contribution in [0.4, 0.5) is 4.79 Å². The zero-order chi connectivity index (χ0) is 16.1. The lowest BCUT2D eigenvalue weighted by Crippen LogP contribution is -2.41. The van der Waals surface area contributed by atoms with Gasteiger partial charge in [-0.3, -0.25) is 0 Å². The van der Waals surface area contributed by atoms with E-state index < -0.39 is 0 Å². The number of nitrogens with one attached hydrogen (secondary N) is 2. The average molecular weight is 336 g/mol. The maximum atomic E-state index is 12.2. The van der Waals surface area contributed by atoms with Crippen molar-refractivity contribution in [1.29, 1.82) is 0 Å². The minimum atomic E-state index is -0.289. The number of carbonyl (C=O) groups is 1. The molecular formula is C15H20N4O3S. The first kappa shape index (κ1) is 15.9. The van der Waals surface area contributed by atoms with Crippen LogP contribution in [0.1, 0.15) is 36.2 Å². The van der Waals surface area contributed by atoms with Crippen LogP contribution in [0.25, 0.3) is 0 Å². The van der Waals surface area contributed by atoms with E-state index in [0.717, 1.165) is 18.4 Å². The van der Waals surface area contributed by atoms with E-state index >= 15 is 0 Å². The highest BCUT2D eigenvalue weighted by molar-refractivity contribution is 7.07. The third-order valence-electron chi connectivity index (χ3n) is 3.87. The molecule has 0 spiro atoms. The number of hydrogen-bond acceptors (Lipinski definition) is 6. The van der Waals surface area contributed by atoms with Gasteiger partial charge < -0.3 is 19.9 Å². The molecule has 7 nitrogen and oxygen atoms in total. The molecule has 1 saturated heterocycles. The van der Waals surface area contributed by atoms with E-state index in [9.17, 15) is 4.79 Å². The van der Waals surface area contributed by atoms with E-state index in [1.807, 2.05) is 16.8 Å². The average Bonchev–Trinajstić information content (AvgIpc) is 3.23. The van der Waals surface area contributed by atoms with Crippen LogP contribution in [0.15, 0.2) is 21.3 Å². The standard InChI is InChI=1S/C15H20N4O3S/c1-10-17-14(22-19-10)13(12-2-5-21-6-3-12)18-15(20)16-8-11-4-7-23-9-11/h4,7,9,12-13H,2-3,5-6,8H2,1H3,(H2,16,18,20)/t13-/m1/s1. The van der Waals surface area contributed by atoms with Gasteiger partial charge in [-0.2, -0.15) is 16.3 Å². The first-order valence-electron chi connectivity index (χ1n) is 7.66. The molecule has 0 aromatic carbocycles. The first-order valence-corrected chi connectivity index (χ1v) is 8.60. The van der Waals surface area contributed by atoms with Gasteiger partial charge in [0.25, 0.3) is 0 Å². The number of amides is 2. The van der Waals surface area contributed by atoms with Crippen LogP contribution in [0, 0.1) is 12.8 Å². The third-order valence-corrected chi connectivity index (χ3v) is 4.60. The van der Waals surface area contributed by atoms with Gasteiger partial charge in [0.1, 0.15) is 6.04 Å². The van der Waals surface area contributed by atoms with Gasteiger partial charge in [-0.15, -0.1) is 0 Å². The Morgan fingerprint density at radius 3 is 2.96 bits per heavy atom. The van der Waals surface area contributed by atoms with Crippen molar-refractivity contribution in [3.8, 4) is 0 Å². The van der Waals surface area contributed by atoms with Crippen LogP contribution >= 0.6 is 11.3 Å². The fraction of sp³-hybridized carbons (Fsp3) is 0.533. The van der Waals surface area contributed by atoms with Crippen molar-refractivity contribution < 1.29 is 14.1 Å². The Labute approximate surface area is 138 Å². The van der Waals surface area contributed by atoms with Crippen LogP contribution in [-0.4, -0.2) is 29.4 Å². The predicted octanol–water partition coefficient (Wildman–Crippen LogP) is 2.41. The maximum absolute atomic E-state index is 12.2. The van der Waals surface area contributed by atoms with Crippen molar-refractivity contribution >= 4 is 17.4 Å². The minimum Gasteiger partial charge on any atom is -0.381 e. The summed E-state index contributed by atoms with van der Waals surface area (Å²) >= 11 is 1.61. The van der Waals surface area contributed by atoms with Crippen LogP contribution < -0.4 is 10.6 Å². The van der Waals surface area contributed by atoms with Crippen LogP contribution in [0.2, 0.25) is 0 Å². The molecule has 23 heavy (non-hydrogen) atoms. The van der Waals surface area contributed by atoms with Gasteiger partial charge in [0.05, 0.1) is 0 Å². The molecule has 0 radical (unpaired) electrons. The summed E-state index contributed by atoms with van der Waals surface area (Å²) in [7, 11) is 0. The molecule has 0 unspecified atom stereocenters. The molecule has 3 rings (SSSR count). The van der Waals surface area contributed by atoms with Gasteiger partial charge in [0.15, 0.2) is 5.82 Å². The summed E-state index contributed by atoms with van der Waals surface area (Å²) in [6.45, 7) is 3.64.